The van der Waals surface area contributed by atoms with Crippen LogP contribution in [0.25, 0.3) is 0 Å². The molecule has 2 aliphatic rings. The summed E-state index contributed by atoms with van der Waals surface area (Å²) in [5.74, 6) is 0.749. The molecule has 0 aromatic heterocycles. The van der Waals surface area contributed by atoms with Crippen LogP contribution in [0.5, 0.6) is 5.75 Å². The van der Waals surface area contributed by atoms with Crippen molar-refractivity contribution in [1.82, 2.24) is 14.7 Å². The van der Waals surface area contributed by atoms with Crippen molar-refractivity contribution in [3.05, 3.63) is 28.7 Å². The minimum absolute atomic E-state index is 0.0172. The van der Waals surface area contributed by atoms with Crippen LogP contribution in [-0.2, 0) is 14.3 Å². The summed E-state index contributed by atoms with van der Waals surface area (Å²) < 4.78 is 11.8. The number of rotatable bonds is 5. The average Bonchev–Trinajstić information content (AvgIpc) is 2.68. The Morgan fingerprint density at radius 1 is 0.923 bits per heavy atom. The van der Waals surface area contributed by atoms with Crippen LogP contribution in [0.15, 0.2) is 28.7 Å². The smallest absolute Gasteiger partial charge is 0.260 e. The van der Waals surface area contributed by atoms with E-state index in [0.29, 0.717) is 51.7 Å². The molecule has 0 atom stereocenters. The third-order valence-electron chi connectivity index (χ3n) is 4.62. The molecule has 0 aliphatic carbocycles. The van der Waals surface area contributed by atoms with Crippen LogP contribution in [0, 0.1) is 0 Å². The lowest BCUT2D eigenvalue weighted by Crippen LogP contribution is -2.54. The van der Waals surface area contributed by atoms with E-state index in [-0.39, 0.29) is 18.4 Å². The van der Waals surface area contributed by atoms with Gasteiger partial charge in [-0.3, -0.25) is 14.5 Å². The Morgan fingerprint density at radius 3 is 2.12 bits per heavy atom. The number of amides is 2. The molecular formula is C18H24BrN3O4. The zero-order valence-corrected chi connectivity index (χ0v) is 16.3. The van der Waals surface area contributed by atoms with Crippen molar-refractivity contribution in [1.29, 1.82) is 0 Å². The van der Waals surface area contributed by atoms with Gasteiger partial charge in [-0.25, -0.2) is 0 Å². The lowest BCUT2D eigenvalue weighted by atomic mass is 10.3. The van der Waals surface area contributed by atoms with E-state index in [1.807, 2.05) is 29.2 Å². The number of carbonyl (C=O) groups is 2. The van der Waals surface area contributed by atoms with Gasteiger partial charge >= 0.3 is 0 Å². The molecule has 2 fully saturated rings. The van der Waals surface area contributed by atoms with Gasteiger partial charge in [-0.2, -0.15) is 0 Å². The minimum Gasteiger partial charge on any atom is -0.484 e. The van der Waals surface area contributed by atoms with Gasteiger partial charge in [-0.15, -0.1) is 0 Å². The molecule has 2 aliphatic heterocycles. The second-order valence-electron chi connectivity index (χ2n) is 6.39. The van der Waals surface area contributed by atoms with E-state index in [1.54, 1.807) is 4.90 Å². The van der Waals surface area contributed by atoms with Crippen molar-refractivity contribution in [2.75, 3.05) is 65.6 Å². The zero-order valence-electron chi connectivity index (χ0n) is 14.7. The largest absolute Gasteiger partial charge is 0.484 e. The second kappa shape index (κ2) is 9.34. The molecule has 3 rings (SSSR count). The number of piperazine rings is 1. The Hall–Kier alpha value is -1.64. The van der Waals surface area contributed by atoms with Gasteiger partial charge in [-0.05, 0) is 24.3 Å². The summed E-state index contributed by atoms with van der Waals surface area (Å²) >= 11 is 3.36. The highest BCUT2D eigenvalue weighted by Gasteiger charge is 2.25. The van der Waals surface area contributed by atoms with Gasteiger partial charge in [0.2, 0.25) is 5.91 Å². The van der Waals surface area contributed by atoms with Crippen LogP contribution >= 0.6 is 15.9 Å². The predicted octanol–water partition coefficient (Wildman–Crippen LogP) is 0.831. The number of hydrogen-bond acceptors (Lipinski definition) is 5. The average molecular weight is 426 g/mol. The van der Waals surface area contributed by atoms with Crippen molar-refractivity contribution in [2.45, 2.75) is 0 Å². The molecule has 142 valence electrons. The van der Waals surface area contributed by atoms with E-state index in [4.69, 9.17) is 9.47 Å². The van der Waals surface area contributed by atoms with E-state index in [2.05, 4.69) is 20.8 Å². The van der Waals surface area contributed by atoms with Gasteiger partial charge in [0.25, 0.3) is 5.91 Å². The number of hydrogen-bond donors (Lipinski definition) is 0. The first-order chi connectivity index (χ1) is 12.6. The quantitative estimate of drug-likeness (QED) is 0.698. The number of carbonyl (C=O) groups excluding carboxylic acids is 2. The number of morpholine rings is 1. The highest BCUT2D eigenvalue weighted by atomic mass is 79.9. The fourth-order valence-corrected chi connectivity index (χ4v) is 3.29. The molecule has 0 bridgehead atoms. The van der Waals surface area contributed by atoms with E-state index >= 15 is 0 Å². The highest BCUT2D eigenvalue weighted by molar-refractivity contribution is 9.10. The van der Waals surface area contributed by atoms with Gasteiger partial charge in [-0.1, -0.05) is 15.9 Å². The SMILES string of the molecule is O=C(COc1ccc(Br)cc1)N1CCN(C(=O)CN2CCOCC2)CC1. The summed E-state index contributed by atoms with van der Waals surface area (Å²) in [5, 5.41) is 0. The van der Waals surface area contributed by atoms with E-state index in [0.717, 1.165) is 17.6 Å². The maximum absolute atomic E-state index is 12.4. The first-order valence-electron chi connectivity index (χ1n) is 8.86. The number of nitrogens with zero attached hydrogens (tertiary/aromatic N) is 3. The van der Waals surface area contributed by atoms with Crippen LogP contribution in [-0.4, -0.2) is 92.1 Å². The zero-order chi connectivity index (χ0) is 18.4. The van der Waals surface area contributed by atoms with Gasteiger partial charge < -0.3 is 19.3 Å². The molecule has 0 unspecified atom stereocenters. The Labute approximate surface area is 161 Å². The third-order valence-corrected chi connectivity index (χ3v) is 5.15. The highest BCUT2D eigenvalue weighted by Crippen LogP contribution is 2.16. The first-order valence-corrected chi connectivity index (χ1v) is 9.65. The standard InChI is InChI=1S/C18H24BrN3O4/c19-15-1-3-16(4-2-15)26-14-18(24)22-7-5-21(6-8-22)17(23)13-20-9-11-25-12-10-20/h1-4H,5-14H2. The molecule has 2 saturated heterocycles. The van der Waals surface area contributed by atoms with Crippen LogP contribution in [0.1, 0.15) is 0 Å². The summed E-state index contributed by atoms with van der Waals surface area (Å²) in [5.41, 5.74) is 0. The normalized spacial score (nSPS) is 18.7. The van der Waals surface area contributed by atoms with Gasteiger partial charge in [0.1, 0.15) is 5.75 Å². The molecule has 1 aromatic rings. The van der Waals surface area contributed by atoms with Crippen molar-refractivity contribution >= 4 is 27.7 Å². The van der Waals surface area contributed by atoms with Crippen molar-refractivity contribution < 1.29 is 19.1 Å². The lowest BCUT2D eigenvalue weighted by molar-refractivity contribution is -0.141. The number of halogens is 1. The Balaban J connectivity index is 1.39. The number of benzene rings is 1. The van der Waals surface area contributed by atoms with Crippen molar-refractivity contribution in [3.8, 4) is 5.75 Å². The summed E-state index contributed by atoms with van der Waals surface area (Å²) in [6, 6.07) is 7.39. The summed E-state index contributed by atoms with van der Waals surface area (Å²) in [6.45, 7) is 5.69. The molecule has 0 radical (unpaired) electrons. The van der Waals surface area contributed by atoms with Gasteiger partial charge in [0.15, 0.2) is 6.61 Å². The van der Waals surface area contributed by atoms with Crippen LogP contribution in [0.2, 0.25) is 0 Å². The summed E-state index contributed by atoms with van der Waals surface area (Å²) in [4.78, 5) is 30.4. The molecule has 2 amide bonds. The summed E-state index contributed by atoms with van der Waals surface area (Å²) in [6.07, 6.45) is 0. The fraction of sp³-hybridized carbons (Fsp3) is 0.556. The molecule has 26 heavy (non-hydrogen) atoms. The monoisotopic (exact) mass is 425 g/mol. The first kappa shape index (κ1) is 19.1. The molecule has 0 spiro atoms. The topological polar surface area (TPSA) is 62.3 Å². The third kappa shape index (κ3) is 5.43. The Kier molecular flexibility index (Phi) is 6.87. The Morgan fingerprint density at radius 2 is 1.50 bits per heavy atom. The molecule has 0 saturated carbocycles. The minimum atomic E-state index is -0.0480. The number of ether oxygens (including phenoxy) is 2. The molecule has 7 nitrogen and oxygen atoms in total. The fourth-order valence-electron chi connectivity index (χ4n) is 3.02. The molecule has 0 N–H and O–H groups in total. The van der Waals surface area contributed by atoms with Crippen LogP contribution < -0.4 is 4.74 Å². The Bertz CT molecular complexity index is 611. The molecule has 1 aromatic carbocycles. The molecule has 2 heterocycles. The van der Waals surface area contributed by atoms with Crippen LogP contribution in [0.4, 0.5) is 0 Å². The van der Waals surface area contributed by atoms with Crippen LogP contribution in [0.3, 0.4) is 0 Å². The molecule has 8 heteroatoms. The predicted molar refractivity (Wildman–Crippen MR) is 100 cm³/mol. The van der Waals surface area contributed by atoms with Crippen molar-refractivity contribution in [2.24, 2.45) is 0 Å². The van der Waals surface area contributed by atoms with E-state index in [1.165, 1.54) is 0 Å². The second-order valence-corrected chi connectivity index (χ2v) is 7.31. The van der Waals surface area contributed by atoms with Crippen molar-refractivity contribution in [3.63, 3.8) is 0 Å². The van der Waals surface area contributed by atoms with E-state index < -0.39 is 0 Å². The summed E-state index contributed by atoms with van der Waals surface area (Å²) in [7, 11) is 0. The van der Waals surface area contributed by atoms with Gasteiger partial charge in [0, 0.05) is 43.7 Å². The van der Waals surface area contributed by atoms with Gasteiger partial charge in [0.05, 0.1) is 19.8 Å². The lowest BCUT2D eigenvalue weighted by Gasteiger charge is -2.36. The molecular weight excluding hydrogens is 402 g/mol. The maximum Gasteiger partial charge on any atom is 0.260 e. The van der Waals surface area contributed by atoms with E-state index in [9.17, 15) is 9.59 Å². The maximum atomic E-state index is 12.4.